The molecule has 1 N–H and O–H groups in total. The highest BCUT2D eigenvalue weighted by Crippen LogP contribution is 2.14. The molecule has 4 nitrogen and oxygen atoms in total. The van der Waals surface area contributed by atoms with Crippen LogP contribution < -0.4 is 10.2 Å². The van der Waals surface area contributed by atoms with Crippen molar-refractivity contribution in [3.05, 3.63) is 18.0 Å². The van der Waals surface area contributed by atoms with Crippen molar-refractivity contribution in [2.45, 2.75) is 45.7 Å². The van der Waals surface area contributed by atoms with Crippen molar-refractivity contribution in [2.75, 3.05) is 18.0 Å². The van der Waals surface area contributed by atoms with Gasteiger partial charge in [0.15, 0.2) is 0 Å². The minimum atomic E-state index is 0.133. The summed E-state index contributed by atoms with van der Waals surface area (Å²) in [6.07, 6.45) is 6.38. The first-order valence-corrected chi connectivity index (χ1v) is 6.35. The van der Waals surface area contributed by atoms with Crippen molar-refractivity contribution < 1.29 is 0 Å². The Balaban J connectivity index is 1.93. The Morgan fingerprint density at radius 1 is 1.18 bits per heavy atom. The molecule has 1 aromatic heterocycles. The average molecular weight is 234 g/mol. The lowest BCUT2D eigenvalue weighted by molar-refractivity contribution is 0.423. The summed E-state index contributed by atoms with van der Waals surface area (Å²) < 4.78 is 0. The maximum Gasteiger partial charge on any atom is 0.225 e. The van der Waals surface area contributed by atoms with Gasteiger partial charge in [0, 0.05) is 43.1 Å². The fourth-order valence-corrected chi connectivity index (χ4v) is 1.89. The van der Waals surface area contributed by atoms with Crippen molar-refractivity contribution in [3.8, 4) is 0 Å². The zero-order valence-corrected chi connectivity index (χ0v) is 11.0. The van der Waals surface area contributed by atoms with Gasteiger partial charge in [-0.05, 0) is 33.6 Å². The van der Waals surface area contributed by atoms with E-state index in [-0.39, 0.29) is 5.54 Å². The number of hydrogen-bond donors (Lipinski definition) is 1. The Kier molecular flexibility index (Phi) is 3.62. The van der Waals surface area contributed by atoms with Crippen molar-refractivity contribution >= 4 is 5.95 Å². The van der Waals surface area contributed by atoms with Crippen LogP contribution in [0.4, 0.5) is 5.95 Å². The Labute approximate surface area is 103 Å². The molecule has 1 aliphatic heterocycles. The molecule has 1 saturated heterocycles. The molecule has 0 unspecified atom stereocenters. The van der Waals surface area contributed by atoms with E-state index in [1.54, 1.807) is 0 Å². The molecule has 17 heavy (non-hydrogen) atoms. The molecule has 2 rings (SSSR count). The first-order chi connectivity index (χ1) is 8.04. The van der Waals surface area contributed by atoms with E-state index in [0.29, 0.717) is 0 Å². The molecule has 0 radical (unpaired) electrons. The topological polar surface area (TPSA) is 41.1 Å². The summed E-state index contributed by atoms with van der Waals surface area (Å²) in [5, 5.41) is 3.43. The third-order valence-electron chi connectivity index (χ3n) is 2.90. The number of hydrogen-bond acceptors (Lipinski definition) is 4. The SMILES string of the molecule is CC(C)(C)NCc1cnc(N2CCCC2)nc1. The van der Waals surface area contributed by atoms with Gasteiger partial charge < -0.3 is 10.2 Å². The van der Waals surface area contributed by atoms with E-state index in [1.807, 2.05) is 12.4 Å². The van der Waals surface area contributed by atoms with Gasteiger partial charge in [-0.2, -0.15) is 0 Å². The summed E-state index contributed by atoms with van der Waals surface area (Å²) in [6.45, 7) is 9.49. The van der Waals surface area contributed by atoms with Gasteiger partial charge in [0.1, 0.15) is 0 Å². The number of rotatable bonds is 3. The van der Waals surface area contributed by atoms with Crippen LogP contribution in [0.1, 0.15) is 39.2 Å². The molecule has 94 valence electrons. The zero-order chi connectivity index (χ0) is 12.3. The molecule has 2 heterocycles. The van der Waals surface area contributed by atoms with Crippen molar-refractivity contribution in [1.29, 1.82) is 0 Å². The molecule has 1 fully saturated rings. The number of anilines is 1. The quantitative estimate of drug-likeness (QED) is 0.868. The molecule has 0 aromatic carbocycles. The predicted molar refractivity (Wildman–Crippen MR) is 70.1 cm³/mol. The van der Waals surface area contributed by atoms with Gasteiger partial charge in [-0.1, -0.05) is 0 Å². The van der Waals surface area contributed by atoms with Crippen LogP contribution in [-0.4, -0.2) is 28.6 Å². The van der Waals surface area contributed by atoms with E-state index in [1.165, 1.54) is 12.8 Å². The van der Waals surface area contributed by atoms with E-state index >= 15 is 0 Å². The second-order valence-corrected chi connectivity index (χ2v) is 5.69. The number of nitrogens with one attached hydrogen (secondary N) is 1. The molecular weight excluding hydrogens is 212 g/mol. The van der Waals surface area contributed by atoms with Crippen LogP contribution >= 0.6 is 0 Å². The van der Waals surface area contributed by atoms with Crippen LogP contribution in [0.25, 0.3) is 0 Å². The van der Waals surface area contributed by atoms with Gasteiger partial charge in [0.2, 0.25) is 5.95 Å². The lowest BCUT2D eigenvalue weighted by Gasteiger charge is -2.20. The van der Waals surface area contributed by atoms with Crippen LogP contribution in [-0.2, 0) is 6.54 Å². The molecule has 0 spiro atoms. The van der Waals surface area contributed by atoms with Crippen LogP contribution in [0.2, 0.25) is 0 Å². The van der Waals surface area contributed by atoms with Gasteiger partial charge in [0.05, 0.1) is 0 Å². The smallest absolute Gasteiger partial charge is 0.225 e. The molecule has 4 heteroatoms. The Bertz CT molecular complexity index is 347. The zero-order valence-electron chi connectivity index (χ0n) is 11.0. The molecule has 0 bridgehead atoms. The van der Waals surface area contributed by atoms with E-state index in [2.05, 4.69) is 41.0 Å². The third-order valence-corrected chi connectivity index (χ3v) is 2.90. The maximum atomic E-state index is 4.44. The highest BCUT2D eigenvalue weighted by molar-refractivity contribution is 5.30. The predicted octanol–water partition coefficient (Wildman–Crippen LogP) is 1.96. The fourth-order valence-electron chi connectivity index (χ4n) is 1.89. The van der Waals surface area contributed by atoms with Gasteiger partial charge in [-0.15, -0.1) is 0 Å². The molecule has 1 aliphatic rings. The molecule has 0 atom stereocenters. The van der Waals surface area contributed by atoms with E-state index < -0.39 is 0 Å². The van der Waals surface area contributed by atoms with Crippen molar-refractivity contribution in [1.82, 2.24) is 15.3 Å². The van der Waals surface area contributed by atoms with Crippen LogP contribution in [0, 0.1) is 0 Å². The number of aromatic nitrogens is 2. The van der Waals surface area contributed by atoms with Crippen LogP contribution in [0.5, 0.6) is 0 Å². The summed E-state index contributed by atoms with van der Waals surface area (Å²) in [6, 6.07) is 0. The number of nitrogens with zero attached hydrogens (tertiary/aromatic N) is 3. The summed E-state index contributed by atoms with van der Waals surface area (Å²) in [5.74, 6) is 0.877. The average Bonchev–Trinajstić information content (AvgIpc) is 2.79. The first kappa shape index (κ1) is 12.3. The lowest BCUT2D eigenvalue weighted by atomic mass is 10.1. The van der Waals surface area contributed by atoms with E-state index in [4.69, 9.17) is 0 Å². The Morgan fingerprint density at radius 2 is 1.76 bits per heavy atom. The van der Waals surface area contributed by atoms with Gasteiger partial charge in [-0.3, -0.25) is 0 Å². The summed E-state index contributed by atoms with van der Waals surface area (Å²) >= 11 is 0. The minimum Gasteiger partial charge on any atom is -0.341 e. The fraction of sp³-hybridized carbons (Fsp3) is 0.692. The largest absolute Gasteiger partial charge is 0.341 e. The minimum absolute atomic E-state index is 0.133. The monoisotopic (exact) mass is 234 g/mol. The molecular formula is C13H22N4. The van der Waals surface area contributed by atoms with E-state index in [9.17, 15) is 0 Å². The van der Waals surface area contributed by atoms with Gasteiger partial charge in [-0.25, -0.2) is 9.97 Å². The van der Waals surface area contributed by atoms with Crippen molar-refractivity contribution in [3.63, 3.8) is 0 Å². The highest BCUT2D eigenvalue weighted by atomic mass is 15.3. The maximum absolute atomic E-state index is 4.44. The summed E-state index contributed by atoms with van der Waals surface area (Å²) in [5.41, 5.74) is 1.27. The summed E-state index contributed by atoms with van der Waals surface area (Å²) in [7, 11) is 0. The lowest BCUT2D eigenvalue weighted by Crippen LogP contribution is -2.35. The first-order valence-electron chi connectivity index (χ1n) is 6.35. The second kappa shape index (κ2) is 5.00. The normalized spacial score (nSPS) is 16.5. The van der Waals surface area contributed by atoms with Crippen molar-refractivity contribution in [2.24, 2.45) is 0 Å². The molecule has 0 amide bonds. The Hall–Kier alpha value is -1.16. The molecule has 0 saturated carbocycles. The standard InChI is InChI=1S/C13H22N4/c1-13(2,3)16-10-11-8-14-12(15-9-11)17-6-4-5-7-17/h8-9,16H,4-7,10H2,1-3H3. The van der Waals surface area contributed by atoms with Gasteiger partial charge in [0.25, 0.3) is 0 Å². The van der Waals surface area contributed by atoms with E-state index in [0.717, 1.165) is 31.1 Å². The molecule has 1 aromatic rings. The second-order valence-electron chi connectivity index (χ2n) is 5.69. The Morgan fingerprint density at radius 3 is 2.29 bits per heavy atom. The van der Waals surface area contributed by atoms with Gasteiger partial charge >= 0.3 is 0 Å². The highest BCUT2D eigenvalue weighted by Gasteiger charge is 2.14. The summed E-state index contributed by atoms with van der Waals surface area (Å²) in [4.78, 5) is 11.1. The van der Waals surface area contributed by atoms with Crippen LogP contribution in [0.3, 0.4) is 0 Å². The molecule has 0 aliphatic carbocycles. The van der Waals surface area contributed by atoms with Crippen LogP contribution in [0.15, 0.2) is 12.4 Å². The third kappa shape index (κ3) is 3.66.